The number of fused-ring (bicyclic) bond motifs is 1. The molecule has 1 heterocycles. The molecule has 0 atom stereocenters. The first-order valence-electron chi connectivity index (χ1n) is 9.42. The summed E-state index contributed by atoms with van der Waals surface area (Å²) in [6, 6.07) is 14.3. The normalized spacial score (nSPS) is 10.7. The molecule has 3 aromatic rings. The van der Waals surface area contributed by atoms with Crippen LogP contribution in [0, 0.1) is 6.92 Å². The van der Waals surface area contributed by atoms with Crippen LogP contribution >= 0.6 is 0 Å². The molecule has 0 saturated heterocycles. The number of carbonyl (C=O) groups excluding carboxylic acids is 3. The maximum absolute atomic E-state index is 12.2. The average molecular weight is 394 g/mol. The highest BCUT2D eigenvalue weighted by atomic mass is 16.5. The van der Waals surface area contributed by atoms with Crippen LogP contribution in [0.25, 0.3) is 11.0 Å². The second-order valence-corrected chi connectivity index (χ2v) is 6.58. The lowest BCUT2D eigenvalue weighted by molar-refractivity contribution is -0.144. The van der Waals surface area contributed by atoms with Gasteiger partial charge in [0.2, 0.25) is 5.76 Å². The second-order valence-electron chi connectivity index (χ2n) is 6.58. The minimum atomic E-state index is -0.607. The molecule has 0 amide bonds. The van der Waals surface area contributed by atoms with Gasteiger partial charge in [0.05, 0.1) is 18.6 Å². The number of hydrogen-bond donors (Lipinski definition) is 0. The predicted molar refractivity (Wildman–Crippen MR) is 107 cm³/mol. The third kappa shape index (κ3) is 4.90. The summed E-state index contributed by atoms with van der Waals surface area (Å²) in [6.45, 7) is 3.71. The van der Waals surface area contributed by atoms with Gasteiger partial charge in [0, 0.05) is 17.4 Å². The molecule has 0 fully saturated rings. The monoisotopic (exact) mass is 394 g/mol. The molecule has 150 valence electrons. The van der Waals surface area contributed by atoms with E-state index in [1.807, 2.05) is 19.1 Å². The van der Waals surface area contributed by atoms with Crippen molar-refractivity contribution in [3.8, 4) is 0 Å². The summed E-state index contributed by atoms with van der Waals surface area (Å²) in [5, 5.41) is 0.680. The molecule has 6 heteroatoms. The summed E-state index contributed by atoms with van der Waals surface area (Å²) >= 11 is 0. The van der Waals surface area contributed by atoms with Gasteiger partial charge in [-0.3, -0.25) is 9.59 Å². The van der Waals surface area contributed by atoms with Crippen LogP contribution in [-0.4, -0.2) is 24.3 Å². The number of ketones is 1. The average Bonchev–Trinajstić information content (AvgIpc) is 3.10. The molecule has 1 aromatic heterocycles. The van der Waals surface area contributed by atoms with E-state index in [1.54, 1.807) is 43.3 Å². The molecule has 29 heavy (non-hydrogen) atoms. The summed E-state index contributed by atoms with van der Waals surface area (Å²) in [6.07, 6.45) is 0.00992. The minimum Gasteiger partial charge on any atom is -0.461 e. The molecule has 0 N–H and O–H groups in total. The van der Waals surface area contributed by atoms with Crippen LogP contribution in [0.1, 0.15) is 51.8 Å². The Morgan fingerprint density at radius 3 is 2.38 bits per heavy atom. The highest BCUT2D eigenvalue weighted by Crippen LogP contribution is 2.27. The lowest BCUT2D eigenvalue weighted by atomic mass is 10.1. The van der Waals surface area contributed by atoms with E-state index in [0.29, 0.717) is 22.1 Å². The molecule has 0 aliphatic heterocycles. The molecule has 0 spiro atoms. The Hall–Kier alpha value is -3.41. The van der Waals surface area contributed by atoms with Gasteiger partial charge in [-0.2, -0.15) is 0 Å². The maximum atomic E-state index is 12.2. The Morgan fingerprint density at radius 2 is 1.66 bits per heavy atom. The van der Waals surface area contributed by atoms with Crippen molar-refractivity contribution in [3.63, 3.8) is 0 Å². The summed E-state index contributed by atoms with van der Waals surface area (Å²) in [4.78, 5) is 36.5. The zero-order chi connectivity index (χ0) is 20.8. The first-order valence-corrected chi connectivity index (χ1v) is 9.42. The van der Waals surface area contributed by atoms with Crippen LogP contribution in [0.4, 0.5) is 0 Å². The molecule has 0 aliphatic rings. The Labute approximate surface area is 168 Å². The molecule has 0 unspecified atom stereocenters. The van der Waals surface area contributed by atoms with Gasteiger partial charge in [0.15, 0.2) is 5.78 Å². The minimum absolute atomic E-state index is 0.0246. The van der Waals surface area contributed by atoms with Crippen molar-refractivity contribution in [2.75, 3.05) is 6.61 Å². The van der Waals surface area contributed by atoms with Gasteiger partial charge in [-0.1, -0.05) is 48.0 Å². The molecule has 6 nitrogen and oxygen atoms in total. The van der Waals surface area contributed by atoms with E-state index >= 15 is 0 Å². The standard InChI is InChI=1S/C23H22O6/c1-3-27-23(26)22-18(17-6-4-5-7-20(17)29-22)14-28-21(25)13-12-19(24)16-10-8-15(2)9-11-16/h4-11H,3,12-14H2,1-2H3. The summed E-state index contributed by atoms with van der Waals surface area (Å²) in [7, 11) is 0. The second kappa shape index (κ2) is 9.19. The van der Waals surface area contributed by atoms with Gasteiger partial charge in [0.25, 0.3) is 0 Å². The van der Waals surface area contributed by atoms with Crippen LogP contribution in [0.15, 0.2) is 52.9 Å². The van der Waals surface area contributed by atoms with Crippen molar-refractivity contribution in [2.24, 2.45) is 0 Å². The van der Waals surface area contributed by atoms with E-state index in [9.17, 15) is 14.4 Å². The summed E-state index contributed by atoms with van der Waals surface area (Å²) in [5.74, 6) is -1.23. The van der Waals surface area contributed by atoms with Gasteiger partial charge in [-0.15, -0.1) is 0 Å². The molecule has 2 aromatic carbocycles. The van der Waals surface area contributed by atoms with Crippen molar-refractivity contribution >= 4 is 28.7 Å². The molecule has 0 bridgehead atoms. The quantitative estimate of drug-likeness (QED) is 0.409. The Morgan fingerprint density at radius 1 is 0.931 bits per heavy atom. The van der Waals surface area contributed by atoms with Crippen molar-refractivity contribution in [3.05, 3.63) is 71.0 Å². The molecule has 0 aliphatic carbocycles. The summed E-state index contributed by atoms with van der Waals surface area (Å²) in [5.41, 5.74) is 2.59. The third-order valence-electron chi connectivity index (χ3n) is 4.47. The van der Waals surface area contributed by atoms with E-state index < -0.39 is 11.9 Å². The van der Waals surface area contributed by atoms with E-state index in [2.05, 4.69) is 0 Å². The Bertz CT molecular complexity index is 1030. The number of carbonyl (C=O) groups is 3. The smallest absolute Gasteiger partial charge is 0.374 e. The van der Waals surface area contributed by atoms with Crippen molar-refractivity contribution in [2.45, 2.75) is 33.3 Å². The lowest BCUT2D eigenvalue weighted by Crippen LogP contribution is -2.11. The molecular weight excluding hydrogens is 372 g/mol. The van der Waals surface area contributed by atoms with Crippen LogP contribution in [0.2, 0.25) is 0 Å². The van der Waals surface area contributed by atoms with Gasteiger partial charge in [-0.25, -0.2) is 4.79 Å². The zero-order valence-electron chi connectivity index (χ0n) is 16.4. The SMILES string of the molecule is CCOC(=O)c1oc2ccccc2c1COC(=O)CCC(=O)c1ccc(C)cc1. The number of benzene rings is 2. The fourth-order valence-electron chi connectivity index (χ4n) is 2.93. The highest BCUT2D eigenvalue weighted by molar-refractivity contribution is 5.98. The number of furan rings is 1. The lowest BCUT2D eigenvalue weighted by Gasteiger charge is -2.06. The Kier molecular flexibility index (Phi) is 6.44. The number of hydrogen-bond acceptors (Lipinski definition) is 6. The zero-order valence-corrected chi connectivity index (χ0v) is 16.4. The van der Waals surface area contributed by atoms with E-state index in [0.717, 1.165) is 5.56 Å². The van der Waals surface area contributed by atoms with E-state index in [4.69, 9.17) is 13.9 Å². The molecule has 0 saturated carbocycles. The predicted octanol–water partition coefficient (Wildman–Crippen LogP) is 4.62. The highest BCUT2D eigenvalue weighted by Gasteiger charge is 2.22. The van der Waals surface area contributed by atoms with Crippen LogP contribution in [-0.2, 0) is 20.9 Å². The maximum Gasteiger partial charge on any atom is 0.374 e. The van der Waals surface area contributed by atoms with Crippen molar-refractivity contribution in [1.29, 1.82) is 0 Å². The number of esters is 2. The van der Waals surface area contributed by atoms with Gasteiger partial charge in [-0.05, 0) is 19.9 Å². The number of rotatable bonds is 8. The van der Waals surface area contributed by atoms with Gasteiger partial charge in [0.1, 0.15) is 12.2 Å². The van der Waals surface area contributed by atoms with E-state index in [-0.39, 0.29) is 37.6 Å². The van der Waals surface area contributed by atoms with Crippen LogP contribution < -0.4 is 0 Å². The van der Waals surface area contributed by atoms with Crippen molar-refractivity contribution < 1.29 is 28.3 Å². The number of ether oxygens (including phenoxy) is 2. The largest absolute Gasteiger partial charge is 0.461 e. The van der Waals surface area contributed by atoms with E-state index in [1.165, 1.54) is 0 Å². The number of para-hydroxylation sites is 1. The molecule has 3 rings (SSSR count). The van der Waals surface area contributed by atoms with Crippen molar-refractivity contribution in [1.82, 2.24) is 0 Å². The van der Waals surface area contributed by atoms with Gasteiger partial charge >= 0.3 is 11.9 Å². The topological polar surface area (TPSA) is 82.8 Å². The fourth-order valence-corrected chi connectivity index (χ4v) is 2.93. The summed E-state index contributed by atoms with van der Waals surface area (Å²) < 4.78 is 15.9. The van der Waals surface area contributed by atoms with Gasteiger partial charge < -0.3 is 13.9 Å². The first-order chi connectivity index (χ1) is 14.0. The fraction of sp³-hybridized carbons (Fsp3) is 0.261. The Balaban J connectivity index is 1.64. The molecular formula is C23H22O6. The number of Topliss-reactive ketones (excluding diaryl/α,β-unsaturated/α-hetero) is 1. The number of aryl methyl sites for hydroxylation is 1. The third-order valence-corrected chi connectivity index (χ3v) is 4.47. The van der Waals surface area contributed by atoms with Crippen LogP contribution in [0.5, 0.6) is 0 Å². The molecule has 0 radical (unpaired) electrons. The first kappa shape index (κ1) is 20.3. The van der Waals surface area contributed by atoms with Crippen LogP contribution in [0.3, 0.4) is 0 Å².